The Balaban J connectivity index is 1.78. The number of carbonyl (C=O) groups is 2. The summed E-state index contributed by atoms with van der Waals surface area (Å²) in [5, 5.41) is 7.22. The van der Waals surface area contributed by atoms with Crippen LogP contribution in [0.4, 0.5) is 18.9 Å². The third-order valence-corrected chi connectivity index (χ3v) is 6.58. The molecule has 2 heterocycles. The van der Waals surface area contributed by atoms with Crippen molar-refractivity contribution in [3.8, 4) is 5.69 Å². The van der Waals surface area contributed by atoms with Crippen molar-refractivity contribution in [2.24, 2.45) is 11.1 Å². The van der Waals surface area contributed by atoms with Gasteiger partial charge in [-0.3, -0.25) is 14.5 Å². The van der Waals surface area contributed by atoms with E-state index in [1.807, 2.05) is 19.9 Å². The first kappa shape index (κ1) is 25.0. The third-order valence-electron chi connectivity index (χ3n) is 6.58. The lowest BCUT2D eigenvalue weighted by Crippen LogP contribution is -2.42. The summed E-state index contributed by atoms with van der Waals surface area (Å²) < 4.78 is 42.6. The minimum atomic E-state index is -4.77. The predicted molar refractivity (Wildman–Crippen MR) is 127 cm³/mol. The van der Waals surface area contributed by atoms with E-state index >= 15 is 0 Å². The fourth-order valence-electron chi connectivity index (χ4n) is 5.10. The van der Waals surface area contributed by atoms with Crippen molar-refractivity contribution < 1.29 is 22.8 Å². The summed E-state index contributed by atoms with van der Waals surface area (Å²) in [5.74, 6) is -1.21. The van der Waals surface area contributed by atoms with Crippen LogP contribution < -0.4 is 11.1 Å². The number of carbonyl (C=O) groups excluding carboxylic acids is 2. The van der Waals surface area contributed by atoms with Crippen molar-refractivity contribution in [2.45, 2.75) is 51.7 Å². The zero-order chi connectivity index (χ0) is 25.5. The van der Waals surface area contributed by atoms with Gasteiger partial charge in [-0.1, -0.05) is 19.9 Å². The monoisotopic (exact) mass is 489 g/mol. The number of hydrogen-bond donors (Lipinski definition) is 2. The number of primary amides is 1. The zero-order valence-corrected chi connectivity index (χ0v) is 19.9. The summed E-state index contributed by atoms with van der Waals surface area (Å²) in [6, 6.07) is 4.61. The van der Waals surface area contributed by atoms with Crippen LogP contribution in [0.25, 0.3) is 5.69 Å². The number of Topliss-reactive ketones (excluding diaryl/α,β-unsaturated/α-hetero) is 1. The second-order valence-electron chi connectivity index (χ2n) is 10.1. The number of anilines is 1. The molecule has 1 aromatic carbocycles. The molecule has 0 bridgehead atoms. The van der Waals surface area contributed by atoms with E-state index in [4.69, 9.17) is 5.73 Å². The van der Waals surface area contributed by atoms with E-state index in [1.165, 1.54) is 16.8 Å². The number of hydrogen-bond acceptors (Lipinski definition) is 5. The molecule has 7 nitrogen and oxygen atoms in total. The Hall–Kier alpha value is -3.14. The molecule has 188 valence electrons. The van der Waals surface area contributed by atoms with E-state index in [9.17, 15) is 22.8 Å². The van der Waals surface area contributed by atoms with Gasteiger partial charge in [-0.05, 0) is 49.4 Å². The van der Waals surface area contributed by atoms with Gasteiger partial charge in [0.15, 0.2) is 11.5 Å². The summed E-state index contributed by atoms with van der Waals surface area (Å²) in [4.78, 5) is 27.1. The largest absolute Gasteiger partial charge is 0.435 e. The van der Waals surface area contributed by atoms with Gasteiger partial charge >= 0.3 is 6.18 Å². The highest BCUT2D eigenvalue weighted by molar-refractivity contribution is 6.00. The molecule has 0 saturated carbocycles. The Morgan fingerprint density at radius 1 is 1.34 bits per heavy atom. The van der Waals surface area contributed by atoms with E-state index in [0.717, 1.165) is 32.5 Å². The number of nitrogens with zero attached hydrogens (tertiary/aromatic N) is 3. The van der Waals surface area contributed by atoms with Crippen molar-refractivity contribution in [2.75, 3.05) is 25.0 Å². The molecule has 0 spiro atoms. The van der Waals surface area contributed by atoms with Crippen LogP contribution in [0, 0.1) is 5.41 Å². The Bertz CT molecular complexity index is 1170. The number of nitrogens with one attached hydrogen (secondary N) is 1. The topological polar surface area (TPSA) is 93.2 Å². The van der Waals surface area contributed by atoms with Gasteiger partial charge in [0.1, 0.15) is 0 Å². The summed E-state index contributed by atoms with van der Waals surface area (Å²) in [6.07, 6.45) is -0.830. The first-order chi connectivity index (χ1) is 16.4. The zero-order valence-electron chi connectivity index (χ0n) is 19.9. The lowest BCUT2D eigenvalue weighted by molar-refractivity contribution is -0.141. The Morgan fingerprint density at radius 3 is 2.74 bits per heavy atom. The van der Waals surface area contributed by atoms with Gasteiger partial charge in [-0.25, -0.2) is 4.68 Å². The van der Waals surface area contributed by atoms with Crippen LogP contribution in [0.15, 0.2) is 30.9 Å². The minimum Gasteiger partial charge on any atom is -0.380 e. The molecule has 0 radical (unpaired) electrons. The van der Waals surface area contributed by atoms with Crippen molar-refractivity contribution in [3.05, 3.63) is 53.4 Å². The van der Waals surface area contributed by atoms with Gasteiger partial charge in [-0.2, -0.15) is 18.3 Å². The van der Waals surface area contributed by atoms with Crippen LogP contribution >= 0.6 is 0 Å². The molecule has 2 aromatic rings. The summed E-state index contributed by atoms with van der Waals surface area (Å²) in [6.45, 7) is 9.88. The Kier molecular flexibility index (Phi) is 6.52. The smallest absolute Gasteiger partial charge is 0.380 e. The fraction of sp³-hybridized carbons (Fsp3) is 0.480. The predicted octanol–water partition coefficient (Wildman–Crippen LogP) is 4.21. The fourth-order valence-corrected chi connectivity index (χ4v) is 5.10. The average molecular weight is 490 g/mol. The van der Waals surface area contributed by atoms with E-state index in [-0.39, 0.29) is 35.7 Å². The third kappa shape index (κ3) is 5.12. The maximum atomic E-state index is 13.8. The van der Waals surface area contributed by atoms with Crippen LogP contribution in [0.5, 0.6) is 0 Å². The molecule has 4 rings (SSSR count). The molecule has 1 unspecified atom stereocenters. The quantitative estimate of drug-likeness (QED) is 0.593. The van der Waals surface area contributed by atoms with Crippen LogP contribution in [0.3, 0.4) is 0 Å². The van der Waals surface area contributed by atoms with Gasteiger partial charge < -0.3 is 11.1 Å². The van der Waals surface area contributed by atoms with E-state index < -0.39 is 29.0 Å². The molecule has 1 aliphatic heterocycles. The number of alkyl halides is 3. The lowest BCUT2D eigenvalue weighted by atomic mass is 9.75. The first-order valence-corrected chi connectivity index (χ1v) is 11.7. The number of amides is 1. The SMILES string of the molecule is C=CCN1CCCC(Nc2cc(-n3nc(C(F)(F)F)c4c3CC(C)(C)CC4=O)ccc2C(N)=O)C1. The Labute approximate surface area is 202 Å². The highest BCUT2D eigenvalue weighted by atomic mass is 19.4. The number of nitrogens with two attached hydrogens (primary N) is 1. The van der Waals surface area contributed by atoms with Crippen molar-refractivity contribution in [1.82, 2.24) is 14.7 Å². The van der Waals surface area contributed by atoms with Gasteiger partial charge in [-0.15, -0.1) is 6.58 Å². The second kappa shape index (κ2) is 9.14. The van der Waals surface area contributed by atoms with E-state index in [1.54, 1.807) is 6.07 Å². The maximum Gasteiger partial charge on any atom is 0.435 e. The van der Waals surface area contributed by atoms with Crippen molar-refractivity contribution >= 4 is 17.4 Å². The first-order valence-electron chi connectivity index (χ1n) is 11.7. The molecule has 1 atom stereocenters. The molecule has 10 heteroatoms. The van der Waals surface area contributed by atoms with Crippen LogP contribution in [0.2, 0.25) is 0 Å². The van der Waals surface area contributed by atoms with Crippen molar-refractivity contribution in [1.29, 1.82) is 0 Å². The molecule has 2 aliphatic rings. The summed E-state index contributed by atoms with van der Waals surface area (Å²) in [7, 11) is 0. The van der Waals surface area contributed by atoms with Crippen molar-refractivity contribution in [3.63, 3.8) is 0 Å². The highest BCUT2D eigenvalue weighted by Crippen LogP contribution is 2.42. The molecule has 1 fully saturated rings. The maximum absolute atomic E-state index is 13.8. The molecule has 35 heavy (non-hydrogen) atoms. The minimum absolute atomic E-state index is 0.0189. The number of halogens is 3. The molecule has 1 aliphatic carbocycles. The second-order valence-corrected chi connectivity index (χ2v) is 10.1. The number of aromatic nitrogens is 2. The van der Waals surface area contributed by atoms with Crippen LogP contribution in [-0.2, 0) is 12.6 Å². The van der Waals surface area contributed by atoms with Gasteiger partial charge in [0.25, 0.3) is 5.91 Å². The van der Waals surface area contributed by atoms with Gasteiger partial charge in [0, 0.05) is 31.2 Å². The molecular formula is C25H30F3N5O2. The highest BCUT2D eigenvalue weighted by Gasteiger charge is 2.45. The number of likely N-dealkylation sites (tertiary alicyclic amines) is 1. The molecule has 1 saturated heterocycles. The summed E-state index contributed by atoms with van der Waals surface area (Å²) >= 11 is 0. The van der Waals surface area contributed by atoms with Crippen LogP contribution in [0.1, 0.15) is 65.2 Å². The lowest BCUT2D eigenvalue weighted by Gasteiger charge is -2.33. The van der Waals surface area contributed by atoms with Crippen LogP contribution in [-0.4, -0.2) is 52.0 Å². The number of piperidine rings is 1. The molecule has 3 N–H and O–H groups in total. The molecule has 1 amide bonds. The Morgan fingerprint density at radius 2 is 2.09 bits per heavy atom. The van der Waals surface area contributed by atoms with E-state index in [0.29, 0.717) is 11.4 Å². The molecule has 1 aromatic heterocycles. The summed E-state index contributed by atoms with van der Waals surface area (Å²) in [5.41, 5.74) is 4.78. The normalized spacial score (nSPS) is 20.4. The average Bonchev–Trinajstić information content (AvgIpc) is 3.13. The standard InChI is InChI=1S/C25H30F3N5O2/c1-4-9-32-10-5-6-15(14-32)30-18-11-16(7-8-17(18)23(29)35)33-19-12-24(2,3)13-20(34)21(19)22(31-33)25(26,27)28/h4,7-8,11,15,30H,1,5-6,9-10,12-14H2,2-3H3,(H2,29,35). The number of benzene rings is 1. The van der Waals surface area contributed by atoms with Gasteiger partial charge in [0.05, 0.1) is 22.5 Å². The number of ketones is 1. The number of fused-ring (bicyclic) bond motifs is 1. The number of rotatable bonds is 6. The molecular weight excluding hydrogens is 459 g/mol. The van der Waals surface area contributed by atoms with Gasteiger partial charge in [0.2, 0.25) is 0 Å². The van der Waals surface area contributed by atoms with E-state index in [2.05, 4.69) is 21.9 Å².